The molecule has 0 aliphatic heterocycles. The molecule has 0 spiro atoms. The van der Waals surface area contributed by atoms with Crippen molar-refractivity contribution >= 4 is 23.8 Å². The maximum atomic E-state index is 11.5. The van der Waals surface area contributed by atoms with Gasteiger partial charge in [0.15, 0.2) is 0 Å². The number of aromatic nitrogens is 2. The highest BCUT2D eigenvalue weighted by Crippen LogP contribution is 2.22. The molecule has 3 N–H and O–H groups in total. The Labute approximate surface area is 120 Å². The molecule has 1 heterocycles. The third-order valence-corrected chi connectivity index (χ3v) is 3.05. The number of aryl methyl sites for hydroxylation is 1. The summed E-state index contributed by atoms with van der Waals surface area (Å²) in [6, 6.07) is 4.70. The van der Waals surface area contributed by atoms with Crippen molar-refractivity contribution in [1.82, 2.24) is 9.97 Å². The highest BCUT2D eigenvalue weighted by atomic mass is 35.5. The summed E-state index contributed by atoms with van der Waals surface area (Å²) >= 11 is 5.78. The molecule has 6 nitrogen and oxygen atoms in total. The lowest BCUT2D eigenvalue weighted by atomic mass is 10.2. The molecule has 7 heteroatoms. The average molecular weight is 293 g/mol. The van der Waals surface area contributed by atoms with Crippen LogP contribution in [0, 0.1) is 13.8 Å². The van der Waals surface area contributed by atoms with Crippen LogP contribution in [-0.2, 0) is 0 Å². The Morgan fingerprint density at radius 3 is 2.85 bits per heavy atom. The van der Waals surface area contributed by atoms with E-state index in [1.807, 2.05) is 0 Å². The van der Waals surface area contributed by atoms with E-state index >= 15 is 0 Å². The van der Waals surface area contributed by atoms with Gasteiger partial charge in [-0.2, -0.15) is 5.10 Å². The van der Waals surface area contributed by atoms with Crippen LogP contribution < -0.4 is 11.0 Å². The number of anilines is 1. The molecule has 0 saturated carbocycles. The number of H-pyrrole nitrogens is 1. The van der Waals surface area contributed by atoms with Crippen molar-refractivity contribution in [3.05, 3.63) is 50.4 Å². The number of rotatable bonds is 3. The van der Waals surface area contributed by atoms with Crippen molar-refractivity contribution in [3.8, 4) is 5.75 Å². The fourth-order valence-corrected chi connectivity index (χ4v) is 1.66. The number of benzene rings is 1. The number of halogens is 1. The smallest absolute Gasteiger partial charge is 0.255 e. The maximum absolute atomic E-state index is 11.5. The minimum Gasteiger partial charge on any atom is -0.506 e. The molecule has 0 aliphatic carbocycles. The van der Waals surface area contributed by atoms with Crippen LogP contribution in [-0.4, -0.2) is 21.3 Å². The molecule has 0 saturated heterocycles. The third kappa shape index (κ3) is 3.16. The molecule has 0 radical (unpaired) electrons. The van der Waals surface area contributed by atoms with E-state index in [1.165, 1.54) is 12.3 Å². The number of phenols is 1. The Balaban J connectivity index is 2.14. The van der Waals surface area contributed by atoms with Gasteiger partial charge in [-0.3, -0.25) is 9.78 Å². The van der Waals surface area contributed by atoms with Gasteiger partial charge in [0.25, 0.3) is 5.56 Å². The molecule has 2 rings (SSSR count). The summed E-state index contributed by atoms with van der Waals surface area (Å²) in [5, 5.41) is 13.5. The summed E-state index contributed by atoms with van der Waals surface area (Å²) in [7, 11) is 0. The number of aromatic hydroxyl groups is 1. The summed E-state index contributed by atoms with van der Waals surface area (Å²) in [6.45, 7) is 3.45. The Morgan fingerprint density at radius 1 is 1.45 bits per heavy atom. The minimum atomic E-state index is -0.206. The fourth-order valence-electron chi connectivity index (χ4n) is 1.47. The normalized spacial score (nSPS) is 10.9. The summed E-state index contributed by atoms with van der Waals surface area (Å²) < 4.78 is 0. The van der Waals surface area contributed by atoms with Gasteiger partial charge in [-0.05, 0) is 37.6 Å². The van der Waals surface area contributed by atoms with E-state index in [0.717, 1.165) is 0 Å². The predicted octanol–water partition coefficient (Wildman–Crippen LogP) is 2.19. The zero-order valence-corrected chi connectivity index (χ0v) is 11.7. The molecular weight excluding hydrogens is 280 g/mol. The Bertz CT molecular complexity index is 725. The molecule has 104 valence electrons. The van der Waals surface area contributed by atoms with Crippen molar-refractivity contribution in [3.63, 3.8) is 0 Å². The van der Waals surface area contributed by atoms with Gasteiger partial charge in [-0.1, -0.05) is 11.6 Å². The molecule has 0 unspecified atom stereocenters. The number of nitrogens with zero attached hydrogens (tertiary/aromatic N) is 2. The van der Waals surface area contributed by atoms with E-state index in [0.29, 0.717) is 16.8 Å². The maximum Gasteiger partial charge on any atom is 0.255 e. The minimum absolute atomic E-state index is 0.0110. The van der Waals surface area contributed by atoms with Crippen LogP contribution in [0.25, 0.3) is 0 Å². The van der Waals surface area contributed by atoms with Gasteiger partial charge in [0, 0.05) is 11.3 Å². The van der Waals surface area contributed by atoms with Gasteiger partial charge < -0.3 is 5.11 Å². The van der Waals surface area contributed by atoms with Gasteiger partial charge in [0.1, 0.15) is 5.75 Å². The molecule has 20 heavy (non-hydrogen) atoms. The fraction of sp³-hybridized carbons (Fsp3) is 0.154. The standard InChI is InChI=1S/C13H13ClN4O2/c1-7-8(2)16-13(17-12(7)20)18-15-6-9-3-4-11(19)10(14)5-9/h3-6,19H,1-2H3,(H2,16,17,18,20)/b15-6-. The topological polar surface area (TPSA) is 90.4 Å². The molecule has 1 aromatic heterocycles. The lowest BCUT2D eigenvalue weighted by Crippen LogP contribution is -2.15. The first-order chi connectivity index (χ1) is 9.47. The first-order valence-corrected chi connectivity index (χ1v) is 6.20. The zero-order valence-electron chi connectivity index (χ0n) is 10.9. The van der Waals surface area contributed by atoms with E-state index in [1.54, 1.807) is 26.0 Å². The van der Waals surface area contributed by atoms with Crippen molar-refractivity contribution in [2.45, 2.75) is 13.8 Å². The van der Waals surface area contributed by atoms with E-state index in [9.17, 15) is 9.90 Å². The van der Waals surface area contributed by atoms with Gasteiger partial charge in [0.2, 0.25) is 5.95 Å². The summed E-state index contributed by atoms with van der Waals surface area (Å²) in [5.41, 5.74) is 4.34. The van der Waals surface area contributed by atoms with Gasteiger partial charge in [0.05, 0.1) is 11.2 Å². The van der Waals surface area contributed by atoms with Gasteiger partial charge in [-0.25, -0.2) is 10.4 Å². The second kappa shape index (κ2) is 5.75. The number of hydrazone groups is 1. The van der Waals surface area contributed by atoms with Crippen molar-refractivity contribution < 1.29 is 5.11 Å². The van der Waals surface area contributed by atoms with Crippen LogP contribution in [0.4, 0.5) is 5.95 Å². The van der Waals surface area contributed by atoms with Gasteiger partial charge in [-0.15, -0.1) is 0 Å². The van der Waals surface area contributed by atoms with Crippen LogP contribution in [0.5, 0.6) is 5.75 Å². The molecule has 2 aromatic rings. The van der Waals surface area contributed by atoms with Crippen LogP contribution in [0.15, 0.2) is 28.1 Å². The van der Waals surface area contributed by atoms with Crippen molar-refractivity contribution in [2.24, 2.45) is 5.10 Å². The Hall–Kier alpha value is -2.34. The lowest BCUT2D eigenvalue weighted by molar-refractivity contribution is 0.475. The second-order valence-corrected chi connectivity index (χ2v) is 4.61. The number of nitrogens with one attached hydrogen (secondary N) is 2. The lowest BCUT2D eigenvalue weighted by Gasteiger charge is -2.02. The van der Waals surface area contributed by atoms with Gasteiger partial charge >= 0.3 is 0 Å². The number of hydrogen-bond donors (Lipinski definition) is 3. The number of aromatic amines is 1. The van der Waals surface area contributed by atoms with Crippen LogP contribution in [0.2, 0.25) is 5.02 Å². The summed E-state index contributed by atoms with van der Waals surface area (Å²) in [5.74, 6) is 0.274. The molecule has 1 aromatic carbocycles. The van der Waals surface area contributed by atoms with E-state index in [2.05, 4.69) is 20.5 Å². The average Bonchev–Trinajstić information content (AvgIpc) is 2.40. The SMILES string of the molecule is Cc1nc(N/N=C\c2ccc(O)c(Cl)c2)[nH]c(=O)c1C. The second-order valence-electron chi connectivity index (χ2n) is 4.21. The summed E-state index contributed by atoms with van der Waals surface area (Å²) in [4.78, 5) is 18.3. The Kier molecular flexibility index (Phi) is 4.05. The zero-order chi connectivity index (χ0) is 14.7. The van der Waals surface area contributed by atoms with Crippen LogP contribution in [0.1, 0.15) is 16.8 Å². The van der Waals surface area contributed by atoms with Crippen LogP contribution in [0.3, 0.4) is 0 Å². The highest BCUT2D eigenvalue weighted by Gasteiger charge is 2.02. The molecule has 0 atom stereocenters. The predicted molar refractivity (Wildman–Crippen MR) is 78.7 cm³/mol. The first-order valence-electron chi connectivity index (χ1n) is 5.82. The van der Waals surface area contributed by atoms with E-state index in [-0.39, 0.29) is 22.3 Å². The first kappa shape index (κ1) is 14.1. The van der Waals surface area contributed by atoms with E-state index in [4.69, 9.17) is 11.6 Å². The highest BCUT2D eigenvalue weighted by molar-refractivity contribution is 6.32. The largest absolute Gasteiger partial charge is 0.506 e. The molecular formula is C13H13ClN4O2. The molecule has 0 amide bonds. The third-order valence-electron chi connectivity index (χ3n) is 2.75. The molecule has 0 bridgehead atoms. The van der Waals surface area contributed by atoms with Crippen LogP contribution >= 0.6 is 11.6 Å². The Morgan fingerprint density at radius 2 is 2.20 bits per heavy atom. The monoisotopic (exact) mass is 292 g/mol. The molecule has 0 aliphatic rings. The number of hydrogen-bond acceptors (Lipinski definition) is 5. The number of phenolic OH excluding ortho intramolecular Hbond substituents is 1. The summed E-state index contributed by atoms with van der Waals surface area (Å²) in [6.07, 6.45) is 1.50. The quantitative estimate of drug-likeness (QED) is 0.597. The van der Waals surface area contributed by atoms with Crippen molar-refractivity contribution in [1.29, 1.82) is 0 Å². The molecule has 0 fully saturated rings. The van der Waals surface area contributed by atoms with E-state index < -0.39 is 0 Å². The van der Waals surface area contributed by atoms with Crippen molar-refractivity contribution in [2.75, 3.05) is 5.43 Å².